The van der Waals surface area contributed by atoms with Crippen molar-refractivity contribution in [2.75, 3.05) is 24.6 Å². The first kappa shape index (κ1) is 13.4. The van der Waals surface area contributed by atoms with E-state index in [1.165, 1.54) is 30.6 Å². The summed E-state index contributed by atoms with van der Waals surface area (Å²) >= 11 is 1.51. The van der Waals surface area contributed by atoms with Gasteiger partial charge in [-0.05, 0) is 18.8 Å². The van der Waals surface area contributed by atoms with Gasteiger partial charge in [-0.2, -0.15) is 5.10 Å². The van der Waals surface area contributed by atoms with E-state index in [4.69, 9.17) is 4.74 Å². The van der Waals surface area contributed by atoms with E-state index in [-0.39, 0.29) is 5.91 Å². The van der Waals surface area contributed by atoms with E-state index >= 15 is 0 Å². The third-order valence-corrected chi connectivity index (χ3v) is 6.45. The van der Waals surface area contributed by atoms with Crippen LogP contribution in [0, 0.1) is 5.92 Å². The maximum atomic E-state index is 12.6. The zero-order valence-corrected chi connectivity index (χ0v) is 13.5. The Hall–Kier alpha value is -2.02. The van der Waals surface area contributed by atoms with Crippen molar-refractivity contribution in [2.45, 2.75) is 25.3 Å². The number of H-pyrrole nitrogens is 1. The smallest absolute Gasteiger partial charge is 0.263 e. The molecule has 23 heavy (non-hydrogen) atoms. The van der Waals surface area contributed by atoms with Crippen LogP contribution in [-0.4, -0.2) is 41.8 Å². The molecule has 120 valence electrons. The van der Waals surface area contributed by atoms with Gasteiger partial charge in [0.05, 0.1) is 17.6 Å². The van der Waals surface area contributed by atoms with E-state index in [0.717, 1.165) is 39.8 Å². The van der Waals surface area contributed by atoms with Crippen LogP contribution in [0.25, 0.3) is 10.4 Å². The van der Waals surface area contributed by atoms with Gasteiger partial charge in [0.25, 0.3) is 5.91 Å². The van der Waals surface area contributed by atoms with Crippen LogP contribution in [0.1, 0.15) is 28.9 Å². The lowest BCUT2D eigenvalue weighted by molar-refractivity contribution is 0.0954. The van der Waals surface area contributed by atoms with Gasteiger partial charge in [0, 0.05) is 24.3 Å². The van der Waals surface area contributed by atoms with Crippen molar-refractivity contribution in [3.8, 4) is 16.2 Å². The minimum atomic E-state index is 0.0262. The minimum Gasteiger partial charge on any atom is -0.488 e. The normalized spacial score (nSPS) is 23.6. The van der Waals surface area contributed by atoms with Gasteiger partial charge < -0.3 is 15.0 Å². The molecular weight excluding hydrogens is 312 g/mol. The maximum Gasteiger partial charge on any atom is 0.263 e. The van der Waals surface area contributed by atoms with Crippen molar-refractivity contribution in [1.82, 2.24) is 15.5 Å². The average Bonchev–Trinajstić information content (AvgIpc) is 3.12. The quantitative estimate of drug-likeness (QED) is 0.886. The lowest BCUT2D eigenvalue weighted by Crippen LogP contribution is -2.50. The predicted molar refractivity (Wildman–Crippen MR) is 88.2 cm³/mol. The third kappa shape index (κ3) is 1.92. The lowest BCUT2D eigenvalue weighted by atomic mass is 9.79. The number of carbonyl (C=O) groups excluding carboxylic acids is 1. The Kier molecular flexibility index (Phi) is 2.91. The summed E-state index contributed by atoms with van der Waals surface area (Å²) in [5.41, 5.74) is 1.98. The molecule has 0 unspecified atom stereocenters. The molecule has 4 heterocycles. The minimum absolute atomic E-state index is 0.0262. The SMILES string of the molecule is O=C1NC[C@H](C2CCC2)N2CCOc3c(-c4cn[nH]c4)sc1c32. The lowest BCUT2D eigenvalue weighted by Gasteiger charge is -2.43. The van der Waals surface area contributed by atoms with Crippen LogP contribution in [0.2, 0.25) is 0 Å². The molecule has 6 nitrogen and oxygen atoms in total. The molecule has 1 aliphatic carbocycles. The number of carbonyl (C=O) groups is 1. The number of anilines is 1. The van der Waals surface area contributed by atoms with Gasteiger partial charge in [0.15, 0.2) is 5.75 Å². The van der Waals surface area contributed by atoms with Gasteiger partial charge in [-0.15, -0.1) is 11.3 Å². The molecule has 0 aromatic carbocycles. The highest BCUT2D eigenvalue weighted by Crippen LogP contribution is 2.51. The molecule has 0 radical (unpaired) electrons. The van der Waals surface area contributed by atoms with Crippen LogP contribution in [-0.2, 0) is 0 Å². The summed E-state index contributed by atoms with van der Waals surface area (Å²) in [5.74, 6) is 1.57. The molecule has 2 aromatic heterocycles. The van der Waals surface area contributed by atoms with E-state index in [0.29, 0.717) is 18.6 Å². The van der Waals surface area contributed by atoms with E-state index < -0.39 is 0 Å². The van der Waals surface area contributed by atoms with Gasteiger partial charge in [-0.25, -0.2) is 0 Å². The molecule has 1 amide bonds. The number of nitrogens with one attached hydrogen (secondary N) is 2. The number of aromatic nitrogens is 2. The number of nitrogens with zero attached hydrogens (tertiary/aromatic N) is 2. The van der Waals surface area contributed by atoms with E-state index in [1.54, 1.807) is 6.20 Å². The van der Waals surface area contributed by atoms with Crippen LogP contribution in [0.3, 0.4) is 0 Å². The van der Waals surface area contributed by atoms with Crippen molar-refractivity contribution in [3.05, 3.63) is 17.3 Å². The molecule has 2 N–H and O–H groups in total. The van der Waals surface area contributed by atoms with Crippen LogP contribution in [0.4, 0.5) is 5.69 Å². The fourth-order valence-corrected chi connectivity index (χ4v) is 5.00. The monoisotopic (exact) mass is 330 g/mol. The highest BCUT2D eigenvalue weighted by Gasteiger charge is 2.41. The first-order chi connectivity index (χ1) is 11.3. The number of ether oxygens (including phenoxy) is 1. The number of hydrogen-bond donors (Lipinski definition) is 2. The fraction of sp³-hybridized carbons (Fsp3) is 0.500. The second-order valence-corrected chi connectivity index (χ2v) is 7.46. The summed E-state index contributed by atoms with van der Waals surface area (Å²) < 4.78 is 6.00. The first-order valence-electron chi connectivity index (χ1n) is 8.16. The molecule has 1 fully saturated rings. The van der Waals surface area contributed by atoms with E-state index in [1.807, 2.05) is 6.20 Å². The molecule has 0 bridgehead atoms. The second-order valence-electron chi connectivity index (χ2n) is 6.44. The second kappa shape index (κ2) is 4.99. The van der Waals surface area contributed by atoms with Crippen molar-refractivity contribution >= 4 is 22.9 Å². The molecule has 2 aliphatic heterocycles. The Balaban J connectivity index is 1.66. The highest BCUT2D eigenvalue weighted by molar-refractivity contribution is 7.18. The number of thiophene rings is 1. The maximum absolute atomic E-state index is 12.6. The molecule has 0 spiro atoms. The summed E-state index contributed by atoms with van der Waals surface area (Å²) in [6.45, 7) is 2.27. The van der Waals surface area contributed by atoms with Gasteiger partial charge in [0.1, 0.15) is 17.2 Å². The highest BCUT2D eigenvalue weighted by atomic mass is 32.1. The van der Waals surface area contributed by atoms with E-state index in [2.05, 4.69) is 20.4 Å². The van der Waals surface area contributed by atoms with Crippen LogP contribution >= 0.6 is 11.3 Å². The zero-order valence-electron chi connectivity index (χ0n) is 12.7. The van der Waals surface area contributed by atoms with Crippen molar-refractivity contribution in [2.24, 2.45) is 5.92 Å². The first-order valence-corrected chi connectivity index (χ1v) is 8.98. The number of amides is 1. The van der Waals surface area contributed by atoms with Gasteiger partial charge in [0.2, 0.25) is 0 Å². The van der Waals surface area contributed by atoms with Gasteiger partial charge in [-0.1, -0.05) is 6.42 Å². The molecule has 1 saturated carbocycles. The van der Waals surface area contributed by atoms with E-state index in [9.17, 15) is 4.79 Å². The van der Waals surface area contributed by atoms with Crippen LogP contribution in [0.5, 0.6) is 5.75 Å². The molecule has 3 aliphatic rings. The topological polar surface area (TPSA) is 70.2 Å². The Morgan fingerprint density at radius 1 is 1.35 bits per heavy atom. The molecule has 7 heteroatoms. The Bertz CT molecular complexity index is 750. The molecular formula is C16H18N4O2S. The fourth-order valence-electron chi connectivity index (χ4n) is 3.84. The predicted octanol–water partition coefficient (Wildman–Crippen LogP) is 2.25. The van der Waals surface area contributed by atoms with Gasteiger partial charge in [-0.3, -0.25) is 9.89 Å². The van der Waals surface area contributed by atoms with Gasteiger partial charge >= 0.3 is 0 Å². The largest absolute Gasteiger partial charge is 0.488 e. The van der Waals surface area contributed by atoms with Crippen molar-refractivity contribution < 1.29 is 9.53 Å². The summed E-state index contributed by atoms with van der Waals surface area (Å²) in [7, 11) is 0. The standard InChI is InChI=1S/C16H18N4O2S/c21-16-15-12-13(14(23-15)10-6-18-19-7-10)22-5-4-20(12)11(8-17-16)9-2-1-3-9/h6-7,9,11H,1-5,8H2,(H,17,21)(H,18,19)/t11-/m1/s1. The summed E-state index contributed by atoms with van der Waals surface area (Å²) in [6.07, 6.45) is 7.47. The zero-order chi connectivity index (χ0) is 15.4. The summed E-state index contributed by atoms with van der Waals surface area (Å²) in [5, 5.41) is 10.0. The summed E-state index contributed by atoms with van der Waals surface area (Å²) in [4.78, 5) is 16.8. The Labute approximate surface area is 137 Å². The molecule has 2 aromatic rings. The molecule has 1 atom stereocenters. The third-order valence-electron chi connectivity index (χ3n) is 5.24. The molecule has 5 rings (SSSR count). The van der Waals surface area contributed by atoms with Crippen LogP contribution < -0.4 is 15.0 Å². The van der Waals surface area contributed by atoms with Crippen molar-refractivity contribution in [3.63, 3.8) is 0 Å². The number of rotatable bonds is 2. The van der Waals surface area contributed by atoms with Crippen molar-refractivity contribution in [1.29, 1.82) is 0 Å². The average molecular weight is 330 g/mol. The number of hydrogen-bond acceptors (Lipinski definition) is 5. The molecule has 0 saturated heterocycles. The van der Waals surface area contributed by atoms with Crippen LogP contribution in [0.15, 0.2) is 12.4 Å². The summed E-state index contributed by atoms with van der Waals surface area (Å²) in [6, 6.07) is 0.392. The Morgan fingerprint density at radius 2 is 2.26 bits per heavy atom. The Morgan fingerprint density at radius 3 is 3.00 bits per heavy atom. The number of aromatic amines is 1.